The molecule has 3 fully saturated rings. The third-order valence-electron chi connectivity index (χ3n) is 10.4. The van der Waals surface area contributed by atoms with E-state index >= 15 is 4.39 Å². The van der Waals surface area contributed by atoms with Crippen molar-refractivity contribution in [2.24, 2.45) is 0 Å². The van der Waals surface area contributed by atoms with Crippen molar-refractivity contribution >= 4 is 27.5 Å². The van der Waals surface area contributed by atoms with Crippen molar-refractivity contribution in [1.29, 1.82) is 0 Å². The van der Waals surface area contributed by atoms with Crippen LogP contribution in [0.1, 0.15) is 42.4 Å². The lowest BCUT2D eigenvalue weighted by atomic mass is 9.89. The molecule has 9 nitrogen and oxygen atoms in total. The van der Waals surface area contributed by atoms with Crippen molar-refractivity contribution in [2.75, 3.05) is 31.1 Å². The number of phenols is 1. The molecule has 2 bridgehead atoms. The Morgan fingerprint density at radius 3 is 2.85 bits per heavy atom. The third-order valence-corrected chi connectivity index (χ3v) is 10.4. The summed E-state index contributed by atoms with van der Waals surface area (Å²) in [4.78, 5) is 23.3. The van der Waals surface area contributed by atoms with E-state index in [9.17, 15) is 5.11 Å². The Kier molecular flexibility index (Phi) is 6.17. The number of terminal acetylenes is 1. The van der Waals surface area contributed by atoms with Crippen molar-refractivity contribution < 1.29 is 14.2 Å². The van der Waals surface area contributed by atoms with Gasteiger partial charge in [0.15, 0.2) is 5.82 Å². The molecule has 3 unspecified atom stereocenters. The normalized spacial score (nSPS) is 23.5. The number of hydrogen-bond donors (Lipinski definition) is 2. The Hall–Kier alpha value is -4.85. The van der Waals surface area contributed by atoms with Gasteiger partial charge in [0.2, 0.25) is 0 Å². The number of rotatable bonds is 5. The van der Waals surface area contributed by atoms with E-state index in [2.05, 4.69) is 37.1 Å². The van der Waals surface area contributed by atoms with Gasteiger partial charge in [-0.25, -0.2) is 4.39 Å². The molecular weight excluding hydrogens is 581 g/mol. The van der Waals surface area contributed by atoms with E-state index in [-0.39, 0.29) is 28.5 Å². The molecule has 9 rings (SSSR count). The van der Waals surface area contributed by atoms with E-state index in [4.69, 9.17) is 21.1 Å². The van der Waals surface area contributed by atoms with Gasteiger partial charge in [-0.1, -0.05) is 18.1 Å². The zero-order valence-electron chi connectivity index (χ0n) is 25.2. The lowest BCUT2D eigenvalue weighted by Gasteiger charge is -2.35. The molecular formula is C36H32FN7O2. The van der Waals surface area contributed by atoms with Crippen LogP contribution in [-0.4, -0.2) is 68.3 Å². The van der Waals surface area contributed by atoms with Crippen LogP contribution in [0.5, 0.6) is 11.8 Å². The predicted molar refractivity (Wildman–Crippen MR) is 173 cm³/mol. The second-order valence-corrected chi connectivity index (χ2v) is 13.0. The number of aromatic hydroxyl groups is 1. The summed E-state index contributed by atoms with van der Waals surface area (Å²) in [7, 11) is 0. The maximum Gasteiger partial charge on any atom is 0.319 e. The summed E-state index contributed by atoms with van der Waals surface area (Å²) < 4.78 is 23.4. The van der Waals surface area contributed by atoms with Crippen molar-refractivity contribution in [2.45, 2.75) is 49.9 Å². The van der Waals surface area contributed by atoms with E-state index in [1.807, 2.05) is 24.5 Å². The lowest BCUT2D eigenvalue weighted by molar-refractivity contribution is 0.0826. The molecule has 0 radical (unpaired) electrons. The Morgan fingerprint density at radius 2 is 2.00 bits per heavy atom. The summed E-state index contributed by atoms with van der Waals surface area (Å²) in [5, 5.41) is 16.1. The molecule has 3 aromatic heterocycles. The maximum atomic E-state index is 16.9. The molecule has 4 aliphatic heterocycles. The Morgan fingerprint density at radius 1 is 1.13 bits per heavy atom. The average molecular weight is 614 g/mol. The van der Waals surface area contributed by atoms with Gasteiger partial charge in [0.05, 0.1) is 10.9 Å². The van der Waals surface area contributed by atoms with Crippen LogP contribution in [-0.2, 0) is 12.1 Å². The fourth-order valence-electron chi connectivity index (χ4n) is 8.31. The van der Waals surface area contributed by atoms with E-state index in [0.717, 1.165) is 51.9 Å². The highest BCUT2D eigenvalue weighted by Gasteiger charge is 2.49. The number of piperazine rings is 1. The summed E-state index contributed by atoms with van der Waals surface area (Å²) in [6, 6.07) is 11.5. The van der Waals surface area contributed by atoms with Gasteiger partial charge < -0.3 is 20.1 Å². The Bertz CT molecular complexity index is 2090. The second kappa shape index (κ2) is 10.3. The number of anilines is 1. The topological polar surface area (TPSA) is 99.5 Å². The molecule has 4 aliphatic rings. The standard InChI is InChI=1S/C36H32FN7O2/c1-2-21-5-3-6-22-13-26(45)14-27(30(21)22)32-31(37)33-28(16-39-32)34(43-18-24-7-8-25(19-43)40-24)42-35(41-33)46-20-36-10-4-12-44(36)17-23-15-38-11-9-29(23)36/h1,3,5-6,9,11,13-16,24-25,40,45H,4,7-8,10,12,17-20H2. The number of benzene rings is 2. The minimum absolute atomic E-state index is 0.00548. The number of fused-ring (bicyclic) bond motifs is 7. The van der Waals surface area contributed by atoms with Gasteiger partial charge in [0.1, 0.15) is 29.4 Å². The van der Waals surface area contributed by atoms with Crippen LogP contribution in [0.2, 0.25) is 0 Å². The molecule has 0 spiro atoms. The number of halogens is 1. The van der Waals surface area contributed by atoms with Crippen LogP contribution < -0.4 is 15.0 Å². The van der Waals surface area contributed by atoms with Gasteiger partial charge >= 0.3 is 6.01 Å². The van der Waals surface area contributed by atoms with Crippen molar-refractivity contribution in [1.82, 2.24) is 30.2 Å². The summed E-state index contributed by atoms with van der Waals surface area (Å²) in [5.74, 6) is 2.71. The first kappa shape index (κ1) is 27.5. The number of phenolic OH excluding ortho intramolecular Hbond substituents is 1. The van der Waals surface area contributed by atoms with Crippen molar-refractivity contribution in [3.63, 3.8) is 0 Å². The van der Waals surface area contributed by atoms with Gasteiger partial charge in [0.25, 0.3) is 0 Å². The molecule has 10 heteroatoms. The lowest BCUT2D eigenvalue weighted by Crippen LogP contribution is -2.51. The highest BCUT2D eigenvalue weighted by atomic mass is 19.1. The average Bonchev–Trinajstić information content (AvgIpc) is 3.73. The van der Waals surface area contributed by atoms with Crippen LogP contribution >= 0.6 is 0 Å². The first-order valence-corrected chi connectivity index (χ1v) is 15.9. The summed E-state index contributed by atoms with van der Waals surface area (Å²) in [6.45, 7) is 3.68. The minimum atomic E-state index is -0.610. The molecule has 0 saturated carbocycles. The van der Waals surface area contributed by atoms with Crippen molar-refractivity contribution in [3.8, 4) is 35.4 Å². The minimum Gasteiger partial charge on any atom is -0.508 e. The monoisotopic (exact) mass is 613 g/mol. The van der Waals surface area contributed by atoms with Crippen LogP contribution in [0.25, 0.3) is 32.9 Å². The zero-order chi connectivity index (χ0) is 31.0. The van der Waals surface area contributed by atoms with Gasteiger partial charge in [-0.15, -0.1) is 6.42 Å². The highest BCUT2D eigenvalue weighted by molar-refractivity contribution is 6.02. The molecule has 0 amide bonds. The van der Waals surface area contributed by atoms with Gasteiger partial charge in [0, 0.05) is 66.8 Å². The first-order chi connectivity index (χ1) is 22.5. The maximum absolute atomic E-state index is 16.9. The summed E-state index contributed by atoms with van der Waals surface area (Å²) in [5.41, 5.74) is 3.34. The van der Waals surface area contributed by atoms with E-state index < -0.39 is 5.82 Å². The van der Waals surface area contributed by atoms with Crippen molar-refractivity contribution in [3.05, 3.63) is 77.5 Å². The predicted octanol–water partition coefficient (Wildman–Crippen LogP) is 4.89. The molecule has 3 saturated heterocycles. The van der Waals surface area contributed by atoms with Gasteiger partial charge in [-0.2, -0.15) is 9.97 Å². The smallest absolute Gasteiger partial charge is 0.319 e. The molecule has 230 valence electrons. The molecule has 2 N–H and O–H groups in total. The fraction of sp³-hybridized carbons (Fsp3) is 0.333. The van der Waals surface area contributed by atoms with Gasteiger partial charge in [-0.3, -0.25) is 14.9 Å². The van der Waals surface area contributed by atoms with E-state index in [1.54, 1.807) is 18.3 Å². The van der Waals surface area contributed by atoms with E-state index in [1.165, 1.54) is 17.2 Å². The summed E-state index contributed by atoms with van der Waals surface area (Å²) in [6.07, 6.45) is 15.5. The quantitative estimate of drug-likeness (QED) is 0.269. The van der Waals surface area contributed by atoms with Gasteiger partial charge in [-0.05, 0) is 73.0 Å². The van der Waals surface area contributed by atoms with Crippen LogP contribution in [0.3, 0.4) is 0 Å². The van der Waals surface area contributed by atoms with E-state index in [0.29, 0.717) is 51.8 Å². The highest BCUT2D eigenvalue weighted by Crippen LogP contribution is 2.47. The number of hydrogen-bond acceptors (Lipinski definition) is 9. The molecule has 7 heterocycles. The number of nitrogens with zero attached hydrogens (tertiary/aromatic N) is 6. The van der Waals surface area contributed by atoms with Crippen LogP contribution in [0.4, 0.5) is 10.2 Å². The van der Waals surface area contributed by atoms with Crippen LogP contribution in [0, 0.1) is 18.2 Å². The Labute approximate surface area is 265 Å². The number of ether oxygens (including phenoxy) is 1. The second-order valence-electron chi connectivity index (χ2n) is 13.0. The first-order valence-electron chi connectivity index (χ1n) is 15.9. The molecule has 2 aromatic carbocycles. The molecule has 46 heavy (non-hydrogen) atoms. The SMILES string of the molecule is C#Cc1cccc2cc(O)cc(-c3ncc4c(N5CC6CCC(C5)N6)nc(OCC56CCCN5Cc5cnccc56)nc4c3F)c12. The Balaban J connectivity index is 1.19. The number of pyridine rings is 2. The number of nitrogens with one attached hydrogen (secondary N) is 1. The third kappa shape index (κ3) is 4.15. The molecule has 5 aromatic rings. The largest absolute Gasteiger partial charge is 0.508 e. The zero-order valence-corrected chi connectivity index (χ0v) is 25.2. The molecule has 3 atom stereocenters. The van der Waals surface area contributed by atoms with Crippen LogP contribution in [0.15, 0.2) is 55.0 Å². The molecule has 0 aliphatic carbocycles. The number of aromatic nitrogens is 4. The fourth-order valence-corrected chi connectivity index (χ4v) is 8.31. The summed E-state index contributed by atoms with van der Waals surface area (Å²) >= 11 is 0.